The smallest absolute Gasteiger partial charge is 0.293 e. The molecule has 0 amide bonds. The normalized spacial score (nSPS) is 15.5. The van der Waals surface area contributed by atoms with Crippen LogP contribution in [-0.4, -0.2) is 5.78 Å². The minimum absolute atomic E-state index is 0.00524. The molecule has 1 aliphatic carbocycles. The van der Waals surface area contributed by atoms with Gasteiger partial charge >= 0.3 is 6.18 Å². The van der Waals surface area contributed by atoms with Gasteiger partial charge in [-0.15, -0.1) is 0 Å². The molecule has 0 bridgehead atoms. The maximum Gasteiger partial charge on any atom is 0.416 e. The van der Waals surface area contributed by atoms with Gasteiger partial charge in [0.25, 0.3) is 0 Å². The number of Topliss-reactive ketones (excluding diaryl/α,β-unsaturated/α-hetero) is 1. The first-order valence-electron chi connectivity index (χ1n) is 5.89. The fourth-order valence-electron chi connectivity index (χ4n) is 1.76. The van der Waals surface area contributed by atoms with Gasteiger partial charge in [-0.1, -0.05) is 17.9 Å². The van der Waals surface area contributed by atoms with Crippen LogP contribution in [0.1, 0.15) is 30.4 Å². The minimum Gasteiger partial charge on any atom is -0.293 e. The molecule has 0 saturated carbocycles. The molecule has 1 nitrogen and oxygen atoms in total. The number of alkyl halides is 3. The SMILES string of the molecule is O=C1CCCC=C1C#Cc1ccc(C(F)(F)F)cc1. The molecule has 0 aromatic heterocycles. The van der Waals surface area contributed by atoms with E-state index in [1.807, 2.05) is 0 Å². The molecule has 0 fully saturated rings. The fourth-order valence-corrected chi connectivity index (χ4v) is 1.76. The summed E-state index contributed by atoms with van der Waals surface area (Å²) >= 11 is 0. The fraction of sp³-hybridized carbons (Fsp3) is 0.267. The van der Waals surface area contributed by atoms with Crippen LogP contribution in [0.5, 0.6) is 0 Å². The van der Waals surface area contributed by atoms with Crippen molar-refractivity contribution in [1.82, 2.24) is 0 Å². The van der Waals surface area contributed by atoms with Gasteiger partial charge in [0, 0.05) is 12.0 Å². The summed E-state index contributed by atoms with van der Waals surface area (Å²) in [5, 5.41) is 0. The molecule has 1 aromatic carbocycles. The van der Waals surface area contributed by atoms with E-state index in [2.05, 4.69) is 11.8 Å². The van der Waals surface area contributed by atoms with Gasteiger partial charge < -0.3 is 0 Å². The summed E-state index contributed by atoms with van der Waals surface area (Å²) < 4.78 is 37.1. The Bertz CT molecular complexity index is 568. The summed E-state index contributed by atoms with van der Waals surface area (Å²) in [6.45, 7) is 0. The molecule has 0 radical (unpaired) electrons. The first kappa shape index (κ1) is 13.4. The first-order valence-corrected chi connectivity index (χ1v) is 5.89. The lowest BCUT2D eigenvalue weighted by Crippen LogP contribution is -2.05. The van der Waals surface area contributed by atoms with Crippen molar-refractivity contribution in [2.75, 3.05) is 0 Å². The van der Waals surface area contributed by atoms with Crippen LogP contribution in [0.25, 0.3) is 0 Å². The number of ketones is 1. The second-order valence-corrected chi connectivity index (χ2v) is 4.26. The largest absolute Gasteiger partial charge is 0.416 e. The van der Waals surface area contributed by atoms with Crippen LogP contribution >= 0.6 is 0 Å². The maximum atomic E-state index is 12.4. The Morgan fingerprint density at radius 2 is 1.74 bits per heavy atom. The zero-order valence-electron chi connectivity index (χ0n) is 10.1. The molecule has 0 atom stereocenters. The van der Waals surface area contributed by atoms with Crippen LogP contribution in [-0.2, 0) is 11.0 Å². The summed E-state index contributed by atoms with van der Waals surface area (Å²) in [4.78, 5) is 11.5. The van der Waals surface area contributed by atoms with E-state index in [1.54, 1.807) is 6.08 Å². The average Bonchev–Trinajstić information content (AvgIpc) is 2.37. The molecule has 19 heavy (non-hydrogen) atoms. The lowest BCUT2D eigenvalue weighted by molar-refractivity contribution is -0.137. The predicted molar refractivity (Wildman–Crippen MR) is 65.3 cm³/mol. The number of benzene rings is 1. The molecule has 0 saturated heterocycles. The maximum absolute atomic E-state index is 12.4. The zero-order valence-corrected chi connectivity index (χ0v) is 10.1. The van der Waals surface area contributed by atoms with Gasteiger partial charge in [0.15, 0.2) is 5.78 Å². The van der Waals surface area contributed by atoms with E-state index >= 15 is 0 Å². The molecular formula is C15H11F3O. The van der Waals surface area contributed by atoms with E-state index < -0.39 is 11.7 Å². The van der Waals surface area contributed by atoms with Gasteiger partial charge in [0.05, 0.1) is 11.1 Å². The second-order valence-electron chi connectivity index (χ2n) is 4.26. The van der Waals surface area contributed by atoms with Crippen LogP contribution in [0.3, 0.4) is 0 Å². The lowest BCUT2D eigenvalue weighted by Gasteiger charge is -2.06. The van der Waals surface area contributed by atoms with E-state index in [0.717, 1.165) is 25.0 Å². The zero-order chi connectivity index (χ0) is 13.9. The number of hydrogen-bond donors (Lipinski definition) is 0. The highest BCUT2D eigenvalue weighted by molar-refractivity contribution is 6.00. The quantitative estimate of drug-likeness (QED) is 0.652. The van der Waals surface area contributed by atoms with Crippen LogP contribution in [0, 0.1) is 11.8 Å². The second kappa shape index (κ2) is 5.31. The number of carbonyl (C=O) groups excluding carboxylic acids is 1. The summed E-state index contributed by atoms with van der Waals surface area (Å²) in [6.07, 6.45) is -0.405. The Morgan fingerprint density at radius 3 is 2.32 bits per heavy atom. The van der Waals surface area contributed by atoms with Crippen molar-refractivity contribution in [2.24, 2.45) is 0 Å². The Labute approximate surface area is 109 Å². The van der Waals surface area contributed by atoms with Crippen molar-refractivity contribution in [1.29, 1.82) is 0 Å². The van der Waals surface area contributed by atoms with Gasteiger partial charge in [-0.25, -0.2) is 0 Å². The highest BCUT2D eigenvalue weighted by Gasteiger charge is 2.29. The monoisotopic (exact) mass is 264 g/mol. The third kappa shape index (κ3) is 3.47. The van der Waals surface area contributed by atoms with Crippen molar-refractivity contribution in [2.45, 2.75) is 25.4 Å². The van der Waals surface area contributed by atoms with E-state index in [1.165, 1.54) is 12.1 Å². The summed E-state index contributed by atoms with van der Waals surface area (Å²) in [5.41, 5.74) is 0.226. The molecule has 2 rings (SSSR count). The van der Waals surface area contributed by atoms with Gasteiger partial charge in [-0.2, -0.15) is 13.2 Å². The number of hydrogen-bond acceptors (Lipinski definition) is 1. The molecule has 0 heterocycles. The lowest BCUT2D eigenvalue weighted by atomic mass is 9.98. The van der Waals surface area contributed by atoms with Gasteiger partial charge in [-0.3, -0.25) is 4.79 Å². The minimum atomic E-state index is -4.34. The molecule has 0 unspecified atom stereocenters. The van der Waals surface area contributed by atoms with Crippen molar-refractivity contribution < 1.29 is 18.0 Å². The average molecular weight is 264 g/mol. The van der Waals surface area contributed by atoms with Crippen molar-refractivity contribution >= 4 is 5.78 Å². The molecule has 4 heteroatoms. The third-order valence-corrected chi connectivity index (χ3v) is 2.81. The van der Waals surface area contributed by atoms with E-state index in [0.29, 0.717) is 17.6 Å². The van der Waals surface area contributed by atoms with Gasteiger partial charge in [0.2, 0.25) is 0 Å². The number of halogens is 3. The van der Waals surface area contributed by atoms with Crippen LogP contribution in [0.4, 0.5) is 13.2 Å². The topological polar surface area (TPSA) is 17.1 Å². The van der Waals surface area contributed by atoms with Gasteiger partial charge in [0.1, 0.15) is 0 Å². The summed E-state index contributed by atoms with van der Waals surface area (Å²) in [6, 6.07) is 4.59. The Morgan fingerprint density at radius 1 is 1.05 bits per heavy atom. The molecular weight excluding hydrogens is 253 g/mol. The standard InChI is InChI=1S/C15H11F3O/c16-15(17,18)13-9-6-11(7-10-13)5-8-12-3-1-2-4-14(12)19/h3,6-7,9-10H,1-2,4H2. The van der Waals surface area contributed by atoms with Crippen molar-refractivity contribution in [3.63, 3.8) is 0 Å². The molecule has 0 N–H and O–H groups in total. The number of rotatable bonds is 0. The van der Waals surface area contributed by atoms with Crippen LogP contribution in [0.15, 0.2) is 35.9 Å². The van der Waals surface area contributed by atoms with Crippen LogP contribution < -0.4 is 0 Å². The third-order valence-electron chi connectivity index (χ3n) is 2.81. The molecule has 1 aliphatic rings. The highest BCUT2D eigenvalue weighted by Crippen LogP contribution is 2.28. The molecule has 98 valence electrons. The van der Waals surface area contributed by atoms with E-state index in [-0.39, 0.29) is 5.78 Å². The number of carbonyl (C=O) groups is 1. The first-order chi connectivity index (χ1) is 8.97. The Kier molecular flexibility index (Phi) is 3.75. The van der Waals surface area contributed by atoms with Crippen molar-refractivity contribution in [3.8, 4) is 11.8 Å². The summed E-state index contributed by atoms with van der Waals surface area (Å²) in [7, 11) is 0. The Hall–Kier alpha value is -2.02. The Balaban J connectivity index is 2.17. The molecule has 0 spiro atoms. The highest BCUT2D eigenvalue weighted by atomic mass is 19.4. The van der Waals surface area contributed by atoms with E-state index in [4.69, 9.17) is 0 Å². The molecule has 0 aliphatic heterocycles. The number of allylic oxidation sites excluding steroid dienone is 2. The predicted octanol–water partition coefficient (Wildman–Crippen LogP) is 3.74. The van der Waals surface area contributed by atoms with Crippen LogP contribution in [0.2, 0.25) is 0 Å². The van der Waals surface area contributed by atoms with E-state index in [9.17, 15) is 18.0 Å². The van der Waals surface area contributed by atoms with Gasteiger partial charge in [-0.05, 0) is 37.1 Å². The molecule has 1 aromatic rings. The van der Waals surface area contributed by atoms with Crippen molar-refractivity contribution in [3.05, 3.63) is 47.0 Å². The summed E-state index contributed by atoms with van der Waals surface area (Å²) in [5.74, 6) is 5.45.